The Morgan fingerprint density at radius 3 is 2.00 bits per heavy atom. The van der Waals surface area contributed by atoms with E-state index in [1.165, 1.54) is 4.31 Å². The first-order valence-corrected chi connectivity index (χ1v) is 5.97. The zero-order valence-electron chi connectivity index (χ0n) is 8.74. The highest BCUT2D eigenvalue weighted by Gasteiger charge is 2.41. The zero-order chi connectivity index (χ0) is 10.3. The van der Waals surface area contributed by atoms with Crippen LogP contribution in [0.25, 0.3) is 0 Å². The van der Waals surface area contributed by atoms with Crippen LogP contribution in [0, 0.1) is 0 Å². The molecule has 0 bridgehead atoms. The predicted molar refractivity (Wildman–Crippen MR) is 52.6 cm³/mol. The number of rotatable bonds is 1. The topological polar surface area (TPSA) is 40.6 Å². The van der Waals surface area contributed by atoms with Gasteiger partial charge >= 0.3 is 0 Å². The molecule has 0 spiro atoms. The molecule has 0 atom stereocenters. The molecule has 0 N–H and O–H groups in total. The first-order valence-electron chi connectivity index (χ1n) is 4.58. The summed E-state index contributed by atoms with van der Waals surface area (Å²) in [5.41, 5.74) is -0.303. The summed E-state index contributed by atoms with van der Waals surface area (Å²) in [7, 11) is -3.17. The van der Waals surface area contributed by atoms with Gasteiger partial charge in [0.1, 0.15) is 0 Å². The molecule has 0 aliphatic carbocycles. The molecule has 78 valence electrons. The van der Waals surface area contributed by atoms with Crippen molar-refractivity contribution in [3.63, 3.8) is 0 Å². The fourth-order valence-electron chi connectivity index (χ4n) is 1.58. The van der Waals surface area contributed by atoms with Crippen molar-refractivity contribution in [3.05, 3.63) is 0 Å². The molecule has 1 rings (SSSR count). The van der Waals surface area contributed by atoms with Crippen molar-refractivity contribution in [1.82, 2.24) is 8.61 Å². The molecule has 0 unspecified atom stereocenters. The molecular weight excluding hydrogens is 188 g/mol. The molecule has 1 fully saturated rings. The Hall–Kier alpha value is -0.130. The van der Waals surface area contributed by atoms with Gasteiger partial charge in [-0.3, -0.25) is 0 Å². The third kappa shape index (κ3) is 1.87. The minimum atomic E-state index is -3.17. The fraction of sp³-hybridized carbons (Fsp3) is 1.00. The number of nitrogens with zero attached hydrogens (tertiary/aromatic N) is 2. The first kappa shape index (κ1) is 10.9. The van der Waals surface area contributed by atoms with E-state index in [-0.39, 0.29) is 5.54 Å². The maximum atomic E-state index is 11.8. The zero-order valence-corrected chi connectivity index (χ0v) is 9.56. The lowest BCUT2D eigenvalue weighted by Gasteiger charge is -2.30. The van der Waals surface area contributed by atoms with Gasteiger partial charge in [-0.15, -0.1) is 0 Å². The van der Waals surface area contributed by atoms with Crippen LogP contribution in [0.5, 0.6) is 0 Å². The van der Waals surface area contributed by atoms with Crippen LogP contribution in [0.2, 0.25) is 0 Å². The lowest BCUT2D eigenvalue weighted by molar-refractivity contribution is 0.271. The van der Waals surface area contributed by atoms with E-state index in [0.29, 0.717) is 19.6 Å². The third-order valence-electron chi connectivity index (χ3n) is 2.26. The van der Waals surface area contributed by atoms with E-state index in [9.17, 15) is 8.42 Å². The van der Waals surface area contributed by atoms with Gasteiger partial charge in [0.05, 0.1) is 0 Å². The smallest absolute Gasteiger partial charge is 0.195 e. The minimum absolute atomic E-state index is 0.303. The molecule has 5 heteroatoms. The van der Waals surface area contributed by atoms with Crippen LogP contribution in [0.4, 0.5) is 0 Å². The van der Waals surface area contributed by atoms with Gasteiger partial charge in [-0.2, -0.15) is 17.0 Å². The van der Waals surface area contributed by atoms with Crippen molar-refractivity contribution in [2.24, 2.45) is 0 Å². The molecule has 0 saturated carbocycles. The lowest BCUT2D eigenvalue weighted by Crippen LogP contribution is -2.44. The van der Waals surface area contributed by atoms with Crippen LogP contribution in [-0.4, -0.2) is 42.2 Å². The second kappa shape index (κ2) is 3.22. The minimum Gasteiger partial charge on any atom is -0.195 e. The number of hydrogen-bond donors (Lipinski definition) is 0. The second-order valence-corrected chi connectivity index (χ2v) is 6.10. The summed E-state index contributed by atoms with van der Waals surface area (Å²) < 4.78 is 26.7. The molecule has 1 heterocycles. The Bertz CT molecular complexity index is 279. The van der Waals surface area contributed by atoms with Crippen LogP contribution in [-0.2, 0) is 10.2 Å². The van der Waals surface area contributed by atoms with E-state index in [2.05, 4.69) is 0 Å². The van der Waals surface area contributed by atoms with Gasteiger partial charge in [0.15, 0.2) is 0 Å². The van der Waals surface area contributed by atoms with Gasteiger partial charge in [0.2, 0.25) is 0 Å². The average Bonchev–Trinajstić information content (AvgIpc) is 2.22. The van der Waals surface area contributed by atoms with Crippen molar-refractivity contribution in [3.8, 4) is 0 Å². The molecule has 0 radical (unpaired) electrons. The Kier molecular flexibility index (Phi) is 2.71. The van der Waals surface area contributed by atoms with Gasteiger partial charge < -0.3 is 0 Å². The van der Waals surface area contributed by atoms with Crippen molar-refractivity contribution in [1.29, 1.82) is 0 Å². The van der Waals surface area contributed by atoms with Crippen LogP contribution in [0.3, 0.4) is 0 Å². The molecule has 1 aliphatic rings. The first-order chi connectivity index (χ1) is 5.80. The summed E-state index contributed by atoms with van der Waals surface area (Å²) in [5, 5.41) is 0. The third-order valence-corrected chi connectivity index (χ3v) is 4.64. The Morgan fingerprint density at radius 1 is 1.23 bits per heavy atom. The molecule has 0 aromatic carbocycles. The molecule has 0 aromatic heterocycles. The molecular formula is C8H18N2O2S. The Balaban J connectivity index is 2.96. The Labute approximate surface area is 80.7 Å². The summed E-state index contributed by atoms with van der Waals surface area (Å²) in [4.78, 5) is 0. The lowest BCUT2D eigenvalue weighted by atomic mass is 10.1. The summed E-state index contributed by atoms with van der Waals surface area (Å²) >= 11 is 0. The van der Waals surface area contributed by atoms with Crippen LogP contribution >= 0.6 is 0 Å². The highest BCUT2D eigenvalue weighted by atomic mass is 32.2. The van der Waals surface area contributed by atoms with Gasteiger partial charge in [0.25, 0.3) is 10.2 Å². The standard InChI is InChI=1S/C8H18N2O2S/c1-5-9-6-7-10(8(2,3)4)13(9,11)12/h5-7H2,1-4H3. The summed E-state index contributed by atoms with van der Waals surface area (Å²) in [6.07, 6.45) is 0. The van der Waals surface area contributed by atoms with E-state index in [4.69, 9.17) is 0 Å². The maximum absolute atomic E-state index is 11.8. The second-order valence-electron chi connectivity index (χ2n) is 4.24. The normalized spacial score (nSPS) is 25.2. The maximum Gasteiger partial charge on any atom is 0.282 e. The van der Waals surface area contributed by atoms with E-state index in [1.807, 2.05) is 27.7 Å². The molecule has 1 aliphatic heterocycles. The van der Waals surface area contributed by atoms with Gasteiger partial charge in [-0.05, 0) is 20.8 Å². The summed E-state index contributed by atoms with van der Waals surface area (Å²) in [6.45, 7) is 9.42. The van der Waals surface area contributed by atoms with E-state index >= 15 is 0 Å². The van der Waals surface area contributed by atoms with Crippen molar-refractivity contribution < 1.29 is 8.42 Å². The molecule has 0 aromatic rings. The van der Waals surface area contributed by atoms with Crippen molar-refractivity contribution in [2.45, 2.75) is 33.2 Å². The van der Waals surface area contributed by atoms with E-state index in [0.717, 1.165) is 0 Å². The van der Waals surface area contributed by atoms with Gasteiger partial charge in [-0.1, -0.05) is 6.92 Å². The highest BCUT2D eigenvalue weighted by molar-refractivity contribution is 7.87. The quantitative estimate of drug-likeness (QED) is 0.632. The monoisotopic (exact) mass is 206 g/mol. The molecule has 1 saturated heterocycles. The predicted octanol–water partition coefficient (Wildman–Crippen LogP) is 0.667. The van der Waals surface area contributed by atoms with Crippen molar-refractivity contribution >= 4 is 10.2 Å². The number of hydrogen-bond acceptors (Lipinski definition) is 2. The summed E-state index contributed by atoms with van der Waals surface area (Å²) in [6, 6.07) is 0. The number of likely N-dealkylation sites (N-methyl/N-ethyl adjacent to an activating group) is 1. The largest absolute Gasteiger partial charge is 0.282 e. The van der Waals surface area contributed by atoms with Crippen molar-refractivity contribution in [2.75, 3.05) is 19.6 Å². The van der Waals surface area contributed by atoms with Crippen LogP contribution < -0.4 is 0 Å². The molecule has 4 nitrogen and oxygen atoms in total. The van der Waals surface area contributed by atoms with Crippen LogP contribution in [0.1, 0.15) is 27.7 Å². The molecule has 0 amide bonds. The van der Waals surface area contributed by atoms with E-state index in [1.54, 1.807) is 4.31 Å². The van der Waals surface area contributed by atoms with E-state index < -0.39 is 10.2 Å². The average molecular weight is 206 g/mol. The van der Waals surface area contributed by atoms with Crippen LogP contribution in [0.15, 0.2) is 0 Å². The van der Waals surface area contributed by atoms with Gasteiger partial charge in [0, 0.05) is 25.2 Å². The fourth-order valence-corrected chi connectivity index (χ4v) is 3.50. The SMILES string of the molecule is CCN1CCN(C(C)(C)C)S1(=O)=O. The van der Waals surface area contributed by atoms with Gasteiger partial charge in [-0.25, -0.2) is 0 Å². The Morgan fingerprint density at radius 2 is 1.77 bits per heavy atom. The molecule has 13 heavy (non-hydrogen) atoms. The summed E-state index contributed by atoms with van der Waals surface area (Å²) in [5.74, 6) is 0. The highest BCUT2D eigenvalue weighted by Crippen LogP contribution is 2.25.